The lowest BCUT2D eigenvalue weighted by atomic mass is 10.1. The average molecular weight is 326 g/mol. The van der Waals surface area contributed by atoms with Gasteiger partial charge in [0.15, 0.2) is 0 Å². The third-order valence-corrected chi connectivity index (χ3v) is 4.83. The highest BCUT2D eigenvalue weighted by Crippen LogP contribution is 2.34. The summed E-state index contributed by atoms with van der Waals surface area (Å²) in [5.41, 5.74) is 2.99. The predicted octanol–water partition coefficient (Wildman–Crippen LogP) is 1.90. The highest BCUT2D eigenvalue weighted by atomic mass is 16.4. The molecule has 7 heteroatoms. The zero-order valence-corrected chi connectivity index (χ0v) is 13.1. The predicted molar refractivity (Wildman–Crippen MR) is 87.4 cm³/mol. The smallest absolute Gasteiger partial charge is 0.407 e. The SMILES string of the molecule is O=C(C1CCCN1C(=O)O)N1CCc2c1cccc2-n1ccnc1. The molecule has 2 aliphatic heterocycles. The lowest BCUT2D eigenvalue weighted by molar-refractivity contribution is -0.122. The van der Waals surface area contributed by atoms with Crippen LogP contribution in [0.1, 0.15) is 18.4 Å². The summed E-state index contributed by atoms with van der Waals surface area (Å²) >= 11 is 0. The topological polar surface area (TPSA) is 78.7 Å². The van der Waals surface area contributed by atoms with Crippen molar-refractivity contribution in [1.82, 2.24) is 14.5 Å². The summed E-state index contributed by atoms with van der Waals surface area (Å²) in [6.45, 7) is 1.02. The summed E-state index contributed by atoms with van der Waals surface area (Å²) in [5, 5.41) is 9.28. The molecule has 0 aliphatic carbocycles. The first-order chi connectivity index (χ1) is 11.7. The largest absolute Gasteiger partial charge is 0.465 e. The van der Waals surface area contributed by atoms with E-state index in [1.165, 1.54) is 4.90 Å². The van der Waals surface area contributed by atoms with E-state index in [0.717, 1.165) is 29.8 Å². The molecule has 1 saturated heterocycles. The highest BCUT2D eigenvalue weighted by Gasteiger charge is 2.39. The maximum Gasteiger partial charge on any atom is 0.407 e. The zero-order chi connectivity index (χ0) is 16.7. The van der Waals surface area contributed by atoms with Crippen LogP contribution >= 0.6 is 0 Å². The van der Waals surface area contributed by atoms with Gasteiger partial charge in [0, 0.05) is 36.7 Å². The molecule has 1 unspecified atom stereocenters. The molecule has 3 heterocycles. The number of likely N-dealkylation sites (tertiary alicyclic amines) is 1. The van der Waals surface area contributed by atoms with Crippen LogP contribution in [0, 0.1) is 0 Å². The second kappa shape index (κ2) is 5.67. The molecule has 7 nitrogen and oxygen atoms in total. The highest BCUT2D eigenvalue weighted by molar-refractivity contribution is 6.01. The molecule has 2 aliphatic rings. The minimum absolute atomic E-state index is 0.114. The number of carboxylic acid groups (broad SMARTS) is 1. The number of hydrogen-bond donors (Lipinski definition) is 1. The number of carbonyl (C=O) groups excluding carboxylic acids is 1. The van der Waals surface area contributed by atoms with Crippen molar-refractivity contribution in [1.29, 1.82) is 0 Å². The van der Waals surface area contributed by atoms with Gasteiger partial charge >= 0.3 is 6.09 Å². The van der Waals surface area contributed by atoms with E-state index in [4.69, 9.17) is 0 Å². The van der Waals surface area contributed by atoms with E-state index >= 15 is 0 Å². The normalized spacial score (nSPS) is 19.6. The third-order valence-electron chi connectivity index (χ3n) is 4.83. The van der Waals surface area contributed by atoms with Gasteiger partial charge in [-0.3, -0.25) is 9.69 Å². The van der Waals surface area contributed by atoms with Crippen molar-refractivity contribution in [2.45, 2.75) is 25.3 Å². The molecule has 0 bridgehead atoms. The van der Waals surface area contributed by atoms with E-state index < -0.39 is 12.1 Å². The van der Waals surface area contributed by atoms with Crippen LogP contribution in [0.2, 0.25) is 0 Å². The van der Waals surface area contributed by atoms with Gasteiger partial charge in [-0.2, -0.15) is 0 Å². The second-order valence-electron chi connectivity index (χ2n) is 6.12. The fourth-order valence-corrected chi connectivity index (χ4v) is 3.72. The van der Waals surface area contributed by atoms with Crippen LogP contribution in [0.3, 0.4) is 0 Å². The third kappa shape index (κ3) is 2.24. The van der Waals surface area contributed by atoms with E-state index in [1.807, 2.05) is 29.0 Å². The summed E-state index contributed by atoms with van der Waals surface area (Å²) in [4.78, 5) is 31.3. The van der Waals surface area contributed by atoms with Crippen molar-refractivity contribution in [2.75, 3.05) is 18.0 Å². The lowest BCUT2D eigenvalue weighted by Gasteiger charge is -2.26. The number of imidazole rings is 1. The number of hydrogen-bond acceptors (Lipinski definition) is 3. The maximum absolute atomic E-state index is 12.9. The quantitative estimate of drug-likeness (QED) is 0.914. The molecule has 1 atom stereocenters. The minimum atomic E-state index is -1.02. The van der Waals surface area contributed by atoms with Crippen molar-refractivity contribution in [3.05, 3.63) is 42.5 Å². The van der Waals surface area contributed by atoms with Gasteiger partial charge in [0.05, 0.1) is 12.0 Å². The summed E-state index contributed by atoms with van der Waals surface area (Å²) in [7, 11) is 0. The minimum Gasteiger partial charge on any atom is -0.465 e. The van der Waals surface area contributed by atoms with Crippen molar-refractivity contribution in [2.24, 2.45) is 0 Å². The number of nitrogens with zero attached hydrogens (tertiary/aromatic N) is 4. The van der Waals surface area contributed by atoms with Crippen LogP contribution in [0.25, 0.3) is 5.69 Å². The van der Waals surface area contributed by atoms with E-state index in [9.17, 15) is 14.7 Å². The summed E-state index contributed by atoms with van der Waals surface area (Å²) < 4.78 is 1.94. The second-order valence-corrected chi connectivity index (χ2v) is 6.12. The molecule has 0 spiro atoms. The molecular weight excluding hydrogens is 308 g/mol. The molecule has 1 N–H and O–H groups in total. The zero-order valence-electron chi connectivity index (χ0n) is 13.1. The van der Waals surface area contributed by atoms with Crippen molar-refractivity contribution in [3.63, 3.8) is 0 Å². The van der Waals surface area contributed by atoms with Crippen LogP contribution in [0.15, 0.2) is 36.9 Å². The molecule has 2 aromatic rings. The van der Waals surface area contributed by atoms with Gasteiger partial charge in [0.25, 0.3) is 0 Å². The first-order valence-corrected chi connectivity index (χ1v) is 8.08. The van der Waals surface area contributed by atoms with E-state index in [1.54, 1.807) is 17.4 Å². The van der Waals surface area contributed by atoms with E-state index in [-0.39, 0.29) is 5.91 Å². The van der Waals surface area contributed by atoms with Gasteiger partial charge in [0.2, 0.25) is 5.91 Å². The number of aromatic nitrogens is 2. The molecule has 0 radical (unpaired) electrons. The lowest BCUT2D eigenvalue weighted by Crippen LogP contribution is -2.47. The number of anilines is 1. The summed E-state index contributed by atoms with van der Waals surface area (Å²) in [6.07, 6.45) is 6.41. The Labute approximate surface area is 139 Å². The summed E-state index contributed by atoms with van der Waals surface area (Å²) in [5.74, 6) is -0.114. The monoisotopic (exact) mass is 326 g/mol. The molecule has 1 aromatic heterocycles. The van der Waals surface area contributed by atoms with Crippen LogP contribution in [-0.2, 0) is 11.2 Å². The van der Waals surface area contributed by atoms with Crippen LogP contribution in [0.4, 0.5) is 10.5 Å². The standard InChI is InChI=1S/C17H18N4O3/c22-16(15-5-2-8-21(15)17(23)24)20-9-6-12-13(3-1-4-14(12)20)19-10-7-18-11-19/h1,3-4,7,10-11,15H,2,5-6,8-9H2,(H,23,24). The van der Waals surface area contributed by atoms with Gasteiger partial charge in [-0.25, -0.2) is 9.78 Å². The molecule has 24 heavy (non-hydrogen) atoms. The first-order valence-electron chi connectivity index (χ1n) is 8.08. The fraction of sp³-hybridized carbons (Fsp3) is 0.353. The molecule has 0 saturated carbocycles. The van der Waals surface area contributed by atoms with Crippen LogP contribution in [-0.4, -0.2) is 50.7 Å². The number of fused-ring (bicyclic) bond motifs is 1. The Morgan fingerprint density at radius 2 is 2.04 bits per heavy atom. The molecule has 124 valence electrons. The Hall–Kier alpha value is -2.83. The van der Waals surface area contributed by atoms with E-state index in [0.29, 0.717) is 19.5 Å². The molecule has 4 rings (SSSR count). The Balaban J connectivity index is 1.66. The van der Waals surface area contributed by atoms with Gasteiger partial charge in [-0.05, 0) is 31.4 Å². The number of carbonyl (C=O) groups is 2. The van der Waals surface area contributed by atoms with E-state index in [2.05, 4.69) is 4.98 Å². The van der Waals surface area contributed by atoms with Crippen LogP contribution < -0.4 is 4.90 Å². The Kier molecular flexibility index (Phi) is 3.48. The molecule has 2 amide bonds. The Morgan fingerprint density at radius 3 is 2.79 bits per heavy atom. The number of amides is 2. The van der Waals surface area contributed by atoms with Crippen molar-refractivity contribution in [3.8, 4) is 5.69 Å². The number of benzene rings is 1. The maximum atomic E-state index is 12.9. The van der Waals surface area contributed by atoms with Gasteiger partial charge in [0.1, 0.15) is 6.04 Å². The van der Waals surface area contributed by atoms with Crippen molar-refractivity contribution >= 4 is 17.7 Å². The molecule has 1 fully saturated rings. The van der Waals surface area contributed by atoms with Crippen molar-refractivity contribution < 1.29 is 14.7 Å². The van der Waals surface area contributed by atoms with Gasteiger partial charge in [-0.1, -0.05) is 6.07 Å². The summed E-state index contributed by atoms with van der Waals surface area (Å²) in [6, 6.07) is 5.29. The molecular formula is C17H18N4O3. The Morgan fingerprint density at radius 1 is 1.21 bits per heavy atom. The average Bonchev–Trinajstić information content (AvgIpc) is 3.31. The van der Waals surface area contributed by atoms with Gasteiger partial charge in [-0.15, -0.1) is 0 Å². The van der Waals surface area contributed by atoms with Crippen LogP contribution in [0.5, 0.6) is 0 Å². The Bertz CT molecular complexity index is 787. The fourth-order valence-electron chi connectivity index (χ4n) is 3.72. The first kappa shape index (κ1) is 14.7. The number of rotatable bonds is 2. The van der Waals surface area contributed by atoms with Gasteiger partial charge < -0.3 is 14.6 Å². The molecule has 1 aromatic carbocycles.